The molecule has 0 amide bonds. The van der Waals surface area contributed by atoms with Gasteiger partial charge < -0.3 is 5.73 Å². The largest absolute Gasteiger partial charge is 0.330 e. The van der Waals surface area contributed by atoms with Crippen LogP contribution in [0.2, 0.25) is 0 Å². The van der Waals surface area contributed by atoms with Crippen molar-refractivity contribution in [2.45, 2.75) is 38.0 Å². The van der Waals surface area contributed by atoms with E-state index in [1.807, 2.05) is 0 Å². The smallest absolute Gasteiger partial charge is 0.0175 e. The zero-order valence-corrected chi connectivity index (χ0v) is 11.2. The lowest BCUT2D eigenvalue weighted by atomic mass is 9.77. The Bertz CT molecular complexity index is 314. The number of rotatable bonds is 3. The van der Waals surface area contributed by atoms with Crippen LogP contribution in [-0.4, -0.2) is 6.54 Å². The zero-order chi connectivity index (χ0) is 11.4. The molecule has 0 aliphatic heterocycles. The third-order valence-corrected chi connectivity index (χ3v) is 4.30. The van der Waals surface area contributed by atoms with Crippen molar-refractivity contribution in [2.75, 3.05) is 6.54 Å². The molecule has 1 unspecified atom stereocenters. The maximum Gasteiger partial charge on any atom is 0.0175 e. The van der Waals surface area contributed by atoms with Gasteiger partial charge >= 0.3 is 0 Å². The van der Waals surface area contributed by atoms with E-state index in [9.17, 15) is 0 Å². The van der Waals surface area contributed by atoms with E-state index in [2.05, 4.69) is 40.2 Å². The van der Waals surface area contributed by atoms with E-state index >= 15 is 0 Å². The van der Waals surface area contributed by atoms with Crippen molar-refractivity contribution in [3.63, 3.8) is 0 Å². The van der Waals surface area contributed by atoms with Crippen molar-refractivity contribution in [1.29, 1.82) is 0 Å². The normalized spacial score (nSPS) is 19.6. The molecule has 1 saturated carbocycles. The molecule has 0 aromatic heterocycles. The molecule has 1 aliphatic rings. The first-order valence-corrected chi connectivity index (χ1v) is 7.06. The molecule has 1 aromatic carbocycles. The van der Waals surface area contributed by atoms with Crippen molar-refractivity contribution in [3.05, 3.63) is 34.3 Å². The van der Waals surface area contributed by atoms with E-state index in [1.165, 1.54) is 37.7 Å². The topological polar surface area (TPSA) is 26.0 Å². The highest BCUT2D eigenvalue weighted by atomic mass is 79.9. The molecule has 1 aliphatic carbocycles. The summed E-state index contributed by atoms with van der Waals surface area (Å²) >= 11 is 3.48. The molecule has 16 heavy (non-hydrogen) atoms. The molecule has 1 aromatic rings. The van der Waals surface area contributed by atoms with Crippen molar-refractivity contribution in [2.24, 2.45) is 11.7 Å². The summed E-state index contributed by atoms with van der Waals surface area (Å²) in [6, 6.07) is 8.69. The zero-order valence-electron chi connectivity index (χ0n) is 9.66. The van der Waals surface area contributed by atoms with E-state index < -0.39 is 0 Å². The Morgan fingerprint density at radius 3 is 2.31 bits per heavy atom. The van der Waals surface area contributed by atoms with Gasteiger partial charge in [-0.2, -0.15) is 0 Å². The van der Waals surface area contributed by atoms with Crippen molar-refractivity contribution in [3.8, 4) is 0 Å². The number of halogens is 1. The van der Waals surface area contributed by atoms with Gasteiger partial charge in [-0.25, -0.2) is 0 Å². The summed E-state index contributed by atoms with van der Waals surface area (Å²) in [7, 11) is 0. The highest BCUT2D eigenvalue weighted by molar-refractivity contribution is 9.10. The summed E-state index contributed by atoms with van der Waals surface area (Å²) in [6.07, 6.45) is 6.90. The van der Waals surface area contributed by atoms with Crippen molar-refractivity contribution in [1.82, 2.24) is 0 Å². The highest BCUT2D eigenvalue weighted by Crippen LogP contribution is 2.35. The molecular formula is C14H20BrN. The molecule has 0 saturated heterocycles. The first-order chi connectivity index (χ1) is 7.81. The quantitative estimate of drug-likeness (QED) is 0.888. The summed E-state index contributed by atoms with van der Waals surface area (Å²) in [5, 5.41) is 0. The molecular weight excluding hydrogens is 262 g/mol. The summed E-state index contributed by atoms with van der Waals surface area (Å²) in [4.78, 5) is 0. The van der Waals surface area contributed by atoms with Crippen LogP contribution in [0.15, 0.2) is 28.7 Å². The van der Waals surface area contributed by atoms with Crippen molar-refractivity contribution >= 4 is 15.9 Å². The van der Waals surface area contributed by atoms with Crippen molar-refractivity contribution < 1.29 is 0 Å². The molecule has 0 heterocycles. The number of benzene rings is 1. The minimum absolute atomic E-state index is 0.563. The van der Waals surface area contributed by atoms with E-state index in [1.54, 1.807) is 0 Å². The molecule has 1 atom stereocenters. The van der Waals surface area contributed by atoms with Crippen LogP contribution in [0.4, 0.5) is 0 Å². The van der Waals surface area contributed by atoms with Gasteiger partial charge in [0.05, 0.1) is 0 Å². The van der Waals surface area contributed by atoms with Gasteiger partial charge in [0.15, 0.2) is 0 Å². The third kappa shape index (κ3) is 2.86. The third-order valence-electron chi connectivity index (χ3n) is 3.77. The molecule has 0 spiro atoms. The Hall–Kier alpha value is -0.340. The van der Waals surface area contributed by atoms with E-state index in [0.717, 1.165) is 16.9 Å². The minimum Gasteiger partial charge on any atom is -0.330 e. The summed E-state index contributed by atoms with van der Waals surface area (Å²) < 4.78 is 1.15. The Labute approximate surface area is 107 Å². The summed E-state index contributed by atoms with van der Waals surface area (Å²) in [5.41, 5.74) is 7.38. The summed E-state index contributed by atoms with van der Waals surface area (Å²) in [6.45, 7) is 0.784. The molecule has 2 rings (SSSR count). The van der Waals surface area contributed by atoms with Gasteiger partial charge in [0.2, 0.25) is 0 Å². The van der Waals surface area contributed by atoms with Gasteiger partial charge in [0.25, 0.3) is 0 Å². The lowest BCUT2D eigenvalue weighted by molar-refractivity contribution is 0.307. The van der Waals surface area contributed by atoms with Crippen LogP contribution in [0.25, 0.3) is 0 Å². The molecule has 88 valence electrons. The molecule has 1 nitrogen and oxygen atoms in total. The predicted molar refractivity (Wildman–Crippen MR) is 72.5 cm³/mol. The second-order valence-electron chi connectivity index (χ2n) is 4.79. The first kappa shape index (κ1) is 12.1. The Kier molecular flexibility index (Phi) is 4.42. The minimum atomic E-state index is 0.563. The average Bonchev–Trinajstić information content (AvgIpc) is 2.34. The molecule has 2 heteroatoms. The second-order valence-corrected chi connectivity index (χ2v) is 5.71. The van der Waals surface area contributed by atoms with E-state index in [0.29, 0.717) is 5.92 Å². The van der Waals surface area contributed by atoms with Crippen LogP contribution in [0, 0.1) is 5.92 Å². The Morgan fingerprint density at radius 1 is 1.12 bits per heavy atom. The van der Waals surface area contributed by atoms with Gasteiger partial charge in [-0.15, -0.1) is 0 Å². The maximum absolute atomic E-state index is 5.96. The molecule has 2 N–H and O–H groups in total. The Morgan fingerprint density at radius 2 is 1.75 bits per heavy atom. The van der Waals surface area contributed by atoms with Crippen LogP contribution >= 0.6 is 15.9 Å². The van der Waals surface area contributed by atoms with E-state index in [4.69, 9.17) is 5.73 Å². The monoisotopic (exact) mass is 281 g/mol. The lowest BCUT2D eigenvalue weighted by Gasteiger charge is -2.29. The van der Waals surface area contributed by atoms with Gasteiger partial charge in [-0.05, 0) is 48.9 Å². The number of nitrogens with two attached hydrogens (primary N) is 1. The lowest BCUT2D eigenvalue weighted by Crippen LogP contribution is -2.23. The van der Waals surface area contributed by atoms with Gasteiger partial charge in [-0.3, -0.25) is 0 Å². The standard InChI is InChI=1S/C14H20BrN/c15-13-8-6-12(7-9-13)14(10-16)11-4-2-1-3-5-11/h6-9,11,14H,1-5,10,16H2. The molecule has 0 radical (unpaired) electrons. The number of hydrogen-bond acceptors (Lipinski definition) is 1. The van der Waals surface area contributed by atoms with Gasteiger partial charge in [-0.1, -0.05) is 47.3 Å². The van der Waals surface area contributed by atoms with Gasteiger partial charge in [0.1, 0.15) is 0 Å². The number of hydrogen-bond donors (Lipinski definition) is 1. The Balaban J connectivity index is 2.11. The van der Waals surface area contributed by atoms with Crippen LogP contribution in [0.1, 0.15) is 43.6 Å². The van der Waals surface area contributed by atoms with E-state index in [-0.39, 0.29) is 0 Å². The SMILES string of the molecule is NCC(c1ccc(Br)cc1)C1CCCCC1. The van der Waals surface area contributed by atoms with Gasteiger partial charge in [0, 0.05) is 4.47 Å². The first-order valence-electron chi connectivity index (χ1n) is 6.27. The maximum atomic E-state index is 5.96. The second kappa shape index (κ2) is 5.83. The molecule has 1 fully saturated rings. The fourth-order valence-corrected chi connectivity index (χ4v) is 3.11. The van der Waals surface area contributed by atoms with Crippen LogP contribution in [-0.2, 0) is 0 Å². The highest BCUT2D eigenvalue weighted by Gasteiger charge is 2.23. The molecule has 0 bridgehead atoms. The van der Waals surface area contributed by atoms with Crippen LogP contribution < -0.4 is 5.73 Å². The van der Waals surface area contributed by atoms with Crippen LogP contribution in [0.5, 0.6) is 0 Å². The predicted octanol–water partition coefficient (Wildman–Crippen LogP) is 4.07. The fraction of sp³-hybridized carbons (Fsp3) is 0.571. The average molecular weight is 282 g/mol. The summed E-state index contributed by atoms with van der Waals surface area (Å²) in [5.74, 6) is 1.37. The van der Waals surface area contributed by atoms with Crippen LogP contribution in [0.3, 0.4) is 0 Å². The fourth-order valence-electron chi connectivity index (χ4n) is 2.85.